The number of hydrogen-bond acceptors (Lipinski definition) is 5. The molecule has 0 aliphatic heterocycles. The zero-order valence-corrected chi connectivity index (χ0v) is 21.6. The van der Waals surface area contributed by atoms with E-state index in [0.29, 0.717) is 18.0 Å². The Morgan fingerprint density at radius 1 is 1.06 bits per heavy atom. The lowest BCUT2D eigenvalue weighted by atomic mass is 10.1. The Morgan fingerprint density at radius 3 is 2.24 bits per heavy atom. The molecule has 2 amide bonds. The van der Waals surface area contributed by atoms with Gasteiger partial charge < -0.3 is 15.0 Å². The van der Waals surface area contributed by atoms with Crippen molar-refractivity contribution >= 4 is 27.5 Å². The summed E-state index contributed by atoms with van der Waals surface area (Å²) < 4.78 is 31.3. The van der Waals surface area contributed by atoms with Gasteiger partial charge in [-0.2, -0.15) is 0 Å². The highest BCUT2D eigenvalue weighted by molar-refractivity contribution is 7.92. The molecule has 0 saturated carbocycles. The number of carbonyl (C=O) groups is 2. The zero-order valence-electron chi connectivity index (χ0n) is 20.7. The summed E-state index contributed by atoms with van der Waals surface area (Å²) in [5, 5.41) is 2.86. The average Bonchev–Trinajstić information content (AvgIpc) is 2.78. The van der Waals surface area contributed by atoms with Crippen molar-refractivity contribution in [3.8, 4) is 5.75 Å². The lowest BCUT2D eigenvalue weighted by Gasteiger charge is -2.31. The highest BCUT2D eigenvalue weighted by Crippen LogP contribution is 2.22. The lowest BCUT2D eigenvalue weighted by molar-refractivity contribution is -0.139. The fourth-order valence-electron chi connectivity index (χ4n) is 3.40. The van der Waals surface area contributed by atoms with Gasteiger partial charge in [0.25, 0.3) is 0 Å². The minimum atomic E-state index is -3.77. The van der Waals surface area contributed by atoms with Gasteiger partial charge in [-0.05, 0) is 49.6 Å². The molecule has 2 aromatic carbocycles. The van der Waals surface area contributed by atoms with E-state index in [9.17, 15) is 18.0 Å². The van der Waals surface area contributed by atoms with Gasteiger partial charge in [0, 0.05) is 13.1 Å². The number of benzene rings is 2. The normalized spacial score (nSPS) is 12.2. The van der Waals surface area contributed by atoms with E-state index in [1.807, 2.05) is 45.0 Å². The van der Waals surface area contributed by atoms with Crippen LogP contribution in [0.1, 0.15) is 31.9 Å². The van der Waals surface area contributed by atoms with Crippen molar-refractivity contribution in [3.05, 3.63) is 59.7 Å². The number of nitrogens with zero attached hydrogens (tertiary/aromatic N) is 2. The van der Waals surface area contributed by atoms with Crippen molar-refractivity contribution in [3.63, 3.8) is 0 Å². The summed E-state index contributed by atoms with van der Waals surface area (Å²) in [6.45, 7) is 7.80. The largest absolute Gasteiger partial charge is 0.497 e. The quantitative estimate of drug-likeness (QED) is 0.524. The van der Waals surface area contributed by atoms with Crippen molar-refractivity contribution in [1.29, 1.82) is 0 Å². The number of hydrogen-bond donors (Lipinski definition) is 1. The molecule has 0 spiro atoms. The molecule has 0 heterocycles. The van der Waals surface area contributed by atoms with Gasteiger partial charge in [0.15, 0.2) is 0 Å². The Balaban J connectivity index is 2.35. The highest BCUT2D eigenvalue weighted by Gasteiger charge is 2.30. The Kier molecular flexibility index (Phi) is 9.49. The van der Waals surface area contributed by atoms with Crippen LogP contribution in [0.2, 0.25) is 0 Å². The molecule has 0 bridgehead atoms. The first-order chi connectivity index (χ1) is 15.9. The SMILES string of the molecule is COc1ccc(N(CC(=O)N(Cc2cccc(C)c2)[C@H](C)C(=O)NCC(C)C)S(C)(=O)=O)cc1. The zero-order chi connectivity index (χ0) is 25.5. The van der Waals surface area contributed by atoms with E-state index in [-0.39, 0.29) is 18.4 Å². The molecular formula is C25H35N3O5S. The first-order valence-electron chi connectivity index (χ1n) is 11.2. The van der Waals surface area contributed by atoms with E-state index in [2.05, 4.69) is 5.32 Å². The highest BCUT2D eigenvalue weighted by atomic mass is 32.2. The fraction of sp³-hybridized carbons (Fsp3) is 0.440. The number of aryl methyl sites for hydroxylation is 1. The number of methoxy groups -OCH3 is 1. The van der Waals surface area contributed by atoms with Crippen LogP contribution in [0, 0.1) is 12.8 Å². The van der Waals surface area contributed by atoms with E-state index < -0.39 is 28.5 Å². The van der Waals surface area contributed by atoms with Crippen molar-refractivity contribution < 1.29 is 22.7 Å². The first-order valence-corrected chi connectivity index (χ1v) is 13.0. The second kappa shape index (κ2) is 11.9. The Hall–Kier alpha value is -3.07. The first kappa shape index (κ1) is 27.2. The molecule has 2 aromatic rings. The number of sulfonamides is 1. The smallest absolute Gasteiger partial charge is 0.244 e. The second-order valence-electron chi connectivity index (χ2n) is 8.79. The Labute approximate surface area is 202 Å². The van der Waals surface area contributed by atoms with Gasteiger partial charge in [-0.25, -0.2) is 8.42 Å². The number of amides is 2. The van der Waals surface area contributed by atoms with Crippen LogP contribution >= 0.6 is 0 Å². The molecule has 34 heavy (non-hydrogen) atoms. The van der Waals surface area contributed by atoms with Crippen LogP contribution in [0.4, 0.5) is 5.69 Å². The van der Waals surface area contributed by atoms with Gasteiger partial charge in [0.05, 0.1) is 19.1 Å². The summed E-state index contributed by atoms with van der Waals surface area (Å²) in [5.41, 5.74) is 2.22. The van der Waals surface area contributed by atoms with E-state index in [1.54, 1.807) is 31.2 Å². The molecule has 0 aliphatic rings. The topological polar surface area (TPSA) is 96.0 Å². The molecule has 9 heteroatoms. The molecule has 2 rings (SSSR count). The minimum Gasteiger partial charge on any atom is -0.497 e. The van der Waals surface area contributed by atoms with Crippen LogP contribution in [-0.2, 0) is 26.2 Å². The molecule has 186 valence electrons. The summed E-state index contributed by atoms with van der Waals surface area (Å²) in [7, 11) is -2.25. The molecule has 1 N–H and O–H groups in total. The summed E-state index contributed by atoms with van der Waals surface area (Å²) in [5.74, 6) is 0.0629. The molecular weight excluding hydrogens is 454 g/mol. The van der Waals surface area contributed by atoms with Crippen molar-refractivity contribution in [1.82, 2.24) is 10.2 Å². The third kappa shape index (κ3) is 7.76. The van der Waals surface area contributed by atoms with Crippen LogP contribution in [0.25, 0.3) is 0 Å². The maximum absolute atomic E-state index is 13.5. The van der Waals surface area contributed by atoms with Gasteiger partial charge in [0.1, 0.15) is 18.3 Å². The Bertz CT molecular complexity index is 1080. The second-order valence-corrected chi connectivity index (χ2v) is 10.7. The minimum absolute atomic E-state index is 0.178. The standard InChI is InChI=1S/C25H35N3O5S/c1-18(2)15-26-25(30)20(4)27(16-21-9-7-8-19(3)14-21)24(29)17-28(34(6,31)32)22-10-12-23(33-5)13-11-22/h7-14,18,20H,15-17H2,1-6H3,(H,26,30)/t20-/m1/s1. The van der Waals surface area contributed by atoms with E-state index in [4.69, 9.17) is 4.74 Å². The molecule has 0 aliphatic carbocycles. The van der Waals surface area contributed by atoms with Crippen molar-refractivity contribution in [2.24, 2.45) is 5.92 Å². The van der Waals surface area contributed by atoms with Gasteiger partial charge >= 0.3 is 0 Å². The van der Waals surface area contributed by atoms with Crippen LogP contribution in [0.15, 0.2) is 48.5 Å². The summed E-state index contributed by atoms with van der Waals surface area (Å²) in [4.78, 5) is 27.7. The van der Waals surface area contributed by atoms with E-state index >= 15 is 0 Å². The van der Waals surface area contributed by atoms with Gasteiger partial charge in [-0.15, -0.1) is 0 Å². The maximum Gasteiger partial charge on any atom is 0.244 e. The number of nitrogens with one attached hydrogen (secondary N) is 1. The molecule has 0 radical (unpaired) electrons. The predicted molar refractivity (Wildman–Crippen MR) is 134 cm³/mol. The lowest BCUT2D eigenvalue weighted by Crippen LogP contribution is -2.51. The fourth-order valence-corrected chi connectivity index (χ4v) is 4.25. The third-order valence-electron chi connectivity index (χ3n) is 5.33. The van der Waals surface area contributed by atoms with Crippen molar-refractivity contribution in [2.45, 2.75) is 40.3 Å². The number of carbonyl (C=O) groups excluding carboxylic acids is 2. The van der Waals surface area contributed by atoms with Gasteiger partial charge in [-0.1, -0.05) is 43.7 Å². The maximum atomic E-state index is 13.5. The average molecular weight is 490 g/mol. The van der Waals surface area contributed by atoms with E-state index in [0.717, 1.165) is 21.7 Å². The molecule has 0 saturated heterocycles. The van der Waals surface area contributed by atoms with Crippen LogP contribution in [0.3, 0.4) is 0 Å². The number of rotatable bonds is 11. The summed E-state index contributed by atoms with van der Waals surface area (Å²) >= 11 is 0. The third-order valence-corrected chi connectivity index (χ3v) is 6.47. The summed E-state index contributed by atoms with van der Waals surface area (Å²) in [6, 6.07) is 13.3. The number of anilines is 1. The van der Waals surface area contributed by atoms with Crippen LogP contribution in [0.5, 0.6) is 5.75 Å². The molecule has 8 nitrogen and oxygen atoms in total. The van der Waals surface area contributed by atoms with Gasteiger partial charge in [-0.3, -0.25) is 13.9 Å². The van der Waals surface area contributed by atoms with E-state index in [1.165, 1.54) is 12.0 Å². The van der Waals surface area contributed by atoms with Gasteiger partial charge in [0.2, 0.25) is 21.8 Å². The number of ether oxygens (including phenoxy) is 1. The monoisotopic (exact) mass is 489 g/mol. The molecule has 1 atom stereocenters. The van der Waals surface area contributed by atoms with Crippen molar-refractivity contribution in [2.75, 3.05) is 30.8 Å². The molecule has 0 fully saturated rings. The Morgan fingerprint density at radius 2 is 1.71 bits per heavy atom. The molecule has 0 unspecified atom stereocenters. The predicted octanol–water partition coefficient (Wildman–Crippen LogP) is 2.96. The van der Waals surface area contributed by atoms with Crippen LogP contribution < -0.4 is 14.4 Å². The van der Waals surface area contributed by atoms with Crippen LogP contribution in [-0.4, -0.2) is 57.6 Å². The molecule has 0 aromatic heterocycles. The summed E-state index contributed by atoms with van der Waals surface area (Å²) in [6.07, 6.45) is 1.05.